The van der Waals surface area contributed by atoms with Gasteiger partial charge in [0.1, 0.15) is 0 Å². The zero-order valence-electron chi connectivity index (χ0n) is 18.0. The summed E-state index contributed by atoms with van der Waals surface area (Å²) in [7, 11) is 0. The molecule has 10 heteroatoms. The van der Waals surface area contributed by atoms with Crippen molar-refractivity contribution in [2.75, 3.05) is 11.9 Å². The van der Waals surface area contributed by atoms with E-state index in [4.69, 9.17) is 17.0 Å². The van der Waals surface area contributed by atoms with Crippen LogP contribution in [0.1, 0.15) is 31.2 Å². The van der Waals surface area contributed by atoms with E-state index >= 15 is 0 Å². The van der Waals surface area contributed by atoms with Gasteiger partial charge in [-0.1, -0.05) is 48.5 Å². The molecule has 0 fully saturated rings. The van der Waals surface area contributed by atoms with E-state index in [9.17, 15) is 19.2 Å². The number of nitrogens with one attached hydrogen (secondary N) is 4. The predicted molar refractivity (Wildman–Crippen MR) is 127 cm³/mol. The topological polar surface area (TPSA) is 126 Å². The highest BCUT2D eigenvalue weighted by atomic mass is 32.1. The molecular weight excluding hydrogens is 444 g/mol. The van der Waals surface area contributed by atoms with E-state index in [1.54, 1.807) is 24.3 Å². The lowest BCUT2D eigenvalue weighted by Crippen LogP contribution is -2.48. The molecule has 2 aromatic rings. The van der Waals surface area contributed by atoms with Crippen LogP contribution in [0.25, 0.3) is 0 Å². The number of carbonyl (C=O) groups is 4. The maximum absolute atomic E-state index is 11.9. The van der Waals surface area contributed by atoms with Crippen LogP contribution >= 0.6 is 12.2 Å². The number of carbonyl (C=O) groups excluding carboxylic acids is 4. The van der Waals surface area contributed by atoms with Gasteiger partial charge < -0.3 is 15.4 Å². The Labute approximate surface area is 197 Å². The Bertz CT molecular complexity index is 954. The minimum atomic E-state index is -0.496. The summed E-state index contributed by atoms with van der Waals surface area (Å²) in [5.74, 6) is -1.76. The number of rotatable bonds is 10. The number of esters is 1. The number of hydrogen-bond donors (Lipinski definition) is 4. The molecule has 174 valence electrons. The smallest absolute Gasteiger partial charge is 0.306 e. The van der Waals surface area contributed by atoms with Crippen LogP contribution in [-0.4, -0.2) is 35.4 Å². The molecule has 0 unspecified atom stereocenters. The van der Waals surface area contributed by atoms with Crippen molar-refractivity contribution in [3.63, 3.8) is 0 Å². The average molecular weight is 471 g/mol. The molecule has 33 heavy (non-hydrogen) atoms. The molecule has 4 N–H and O–H groups in total. The summed E-state index contributed by atoms with van der Waals surface area (Å²) in [4.78, 5) is 47.3. The van der Waals surface area contributed by atoms with Crippen LogP contribution < -0.4 is 21.5 Å². The Balaban J connectivity index is 1.53. The van der Waals surface area contributed by atoms with Crippen LogP contribution in [-0.2, 0) is 30.3 Å². The molecule has 3 amide bonds. The SMILES string of the molecule is O=C(CCC(=O)Nc1ccccc1)NNC(=S)NC(=O)CCC(=O)OCCc1ccccc1. The first-order chi connectivity index (χ1) is 15.9. The third-order valence-corrected chi connectivity index (χ3v) is 4.46. The normalized spacial score (nSPS) is 9.94. The second-order valence-electron chi connectivity index (χ2n) is 6.92. The number of hydrogen-bond acceptors (Lipinski definition) is 6. The first-order valence-corrected chi connectivity index (χ1v) is 10.8. The van der Waals surface area contributed by atoms with Crippen molar-refractivity contribution in [1.29, 1.82) is 0 Å². The van der Waals surface area contributed by atoms with Gasteiger partial charge in [0.15, 0.2) is 5.11 Å². The van der Waals surface area contributed by atoms with E-state index in [2.05, 4.69) is 21.5 Å². The second-order valence-corrected chi connectivity index (χ2v) is 7.33. The van der Waals surface area contributed by atoms with Gasteiger partial charge in [-0.3, -0.25) is 30.0 Å². The van der Waals surface area contributed by atoms with Gasteiger partial charge in [0.25, 0.3) is 0 Å². The summed E-state index contributed by atoms with van der Waals surface area (Å²) in [6.45, 7) is 0.236. The summed E-state index contributed by atoms with van der Waals surface area (Å²) in [5, 5.41) is 4.90. The number of hydrazine groups is 1. The van der Waals surface area contributed by atoms with Crippen molar-refractivity contribution in [2.45, 2.75) is 32.1 Å². The molecule has 0 saturated carbocycles. The molecular formula is C23H26N4O5S. The Morgan fingerprint density at radius 1 is 0.727 bits per heavy atom. The Morgan fingerprint density at radius 3 is 2.03 bits per heavy atom. The van der Waals surface area contributed by atoms with Gasteiger partial charge in [0.2, 0.25) is 17.7 Å². The Kier molecular flexibility index (Phi) is 11.0. The fraction of sp³-hybridized carbons (Fsp3) is 0.261. The fourth-order valence-corrected chi connectivity index (χ4v) is 2.76. The van der Waals surface area contributed by atoms with Crippen LogP contribution in [0, 0.1) is 0 Å². The van der Waals surface area contributed by atoms with Crippen molar-refractivity contribution < 1.29 is 23.9 Å². The zero-order valence-corrected chi connectivity index (χ0v) is 18.8. The third-order valence-electron chi connectivity index (χ3n) is 4.26. The lowest BCUT2D eigenvalue weighted by atomic mass is 10.2. The van der Waals surface area contributed by atoms with E-state index in [-0.39, 0.29) is 43.3 Å². The number of benzene rings is 2. The van der Waals surface area contributed by atoms with E-state index in [1.807, 2.05) is 36.4 Å². The van der Waals surface area contributed by atoms with Gasteiger partial charge in [0, 0.05) is 31.4 Å². The quantitative estimate of drug-likeness (QED) is 0.238. The second kappa shape index (κ2) is 14.3. The van der Waals surface area contributed by atoms with E-state index in [1.165, 1.54) is 0 Å². The molecule has 0 heterocycles. The van der Waals surface area contributed by atoms with Crippen molar-refractivity contribution in [2.24, 2.45) is 0 Å². The number of amides is 3. The van der Waals surface area contributed by atoms with E-state index in [0.29, 0.717) is 12.1 Å². The van der Waals surface area contributed by atoms with Crippen LogP contribution in [0.2, 0.25) is 0 Å². The summed E-state index contributed by atoms with van der Waals surface area (Å²) in [6, 6.07) is 18.5. The molecule has 0 saturated heterocycles. The number of ether oxygens (including phenoxy) is 1. The summed E-state index contributed by atoms with van der Waals surface area (Å²) in [6.07, 6.45) is 0.303. The van der Waals surface area contributed by atoms with Crippen LogP contribution in [0.4, 0.5) is 5.69 Å². The molecule has 0 aromatic heterocycles. The molecule has 9 nitrogen and oxygen atoms in total. The van der Waals surface area contributed by atoms with Crippen LogP contribution in [0.15, 0.2) is 60.7 Å². The van der Waals surface area contributed by atoms with Gasteiger partial charge in [-0.2, -0.15) is 0 Å². The minimum Gasteiger partial charge on any atom is -0.465 e. The standard InChI is InChI=1S/C23H26N4O5S/c28-19(24-18-9-5-2-6-10-18)11-12-21(30)26-27-23(33)25-20(29)13-14-22(31)32-16-15-17-7-3-1-4-8-17/h1-10H,11-16H2,(H,24,28)(H,26,30)(H2,25,27,29,33). The van der Waals surface area contributed by atoms with Crippen molar-refractivity contribution in [3.8, 4) is 0 Å². The highest BCUT2D eigenvalue weighted by molar-refractivity contribution is 7.80. The first-order valence-electron chi connectivity index (χ1n) is 10.4. The maximum Gasteiger partial charge on any atom is 0.306 e. The van der Waals surface area contributed by atoms with Crippen molar-refractivity contribution in [3.05, 3.63) is 66.2 Å². The maximum atomic E-state index is 11.9. The zero-order chi connectivity index (χ0) is 23.9. The molecule has 0 radical (unpaired) electrons. The van der Waals surface area contributed by atoms with E-state index < -0.39 is 17.8 Å². The van der Waals surface area contributed by atoms with Gasteiger partial charge in [-0.25, -0.2) is 0 Å². The van der Waals surface area contributed by atoms with Crippen molar-refractivity contribution in [1.82, 2.24) is 16.2 Å². The minimum absolute atomic E-state index is 0.0199. The van der Waals surface area contributed by atoms with Crippen LogP contribution in [0.5, 0.6) is 0 Å². The molecule has 2 rings (SSSR count). The lowest BCUT2D eigenvalue weighted by Gasteiger charge is -2.11. The van der Waals surface area contributed by atoms with Gasteiger partial charge in [0.05, 0.1) is 13.0 Å². The molecule has 2 aromatic carbocycles. The van der Waals surface area contributed by atoms with E-state index in [0.717, 1.165) is 5.56 Å². The summed E-state index contributed by atoms with van der Waals surface area (Å²) < 4.78 is 5.11. The van der Waals surface area contributed by atoms with Gasteiger partial charge in [-0.15, -0.1) is 0 Å². The number of thiocarbonyl (C=S) groups is 1. The van der Waals surface area contributed by atoms with Crippen molar-refractivity contribution >= 4 is 46.7 Å². The van der Waals surface area contributed by atoms with Gasteiger partial charge >= 0.3 is 5.97 Å². The average Bonchev–Trinajstić information content (AvgIpc) is 2.81. The van der Waals surface area contributed by atoms with Gasteiger partial charge in [-0.05, 0) is 29.9 Å². The fourth-order valence-electron chi connectivity index (χ4n) is 2.60. The highest BCUT2D eigenvalue weighted by Gasteiger charge is 2.11. The third kappa shape index (κ3) is 11.4. The molecule has 0 spiro atoms. The lowest BCUT2D eigenvalue weighted by molar-refractivity contribution is -0.144. The van der Waals surface area contributed by atoms with Crippen LogP contribution in [0.3, 0.4) is 0 Å². The molecule has 0 atom stereocenters. The largest absolute Gasteiger partial charge is 0.465 e. The first kappa shape index (κ1) is 25.5. The Morgan fingerprint density at radius 2 is 1.33 bits per heavy atom. The highest BCUT2D eigenvalue weighted by Crippen LogP contribution is 2.06. The molecule has 0 bridgehead atoms. The summed E-state index contributed by atoms with van der Waals surface area (Å²) in [5.41, 5.74) is 6.38. The molecule has 0 aliphatic carbocycles. The molecule has 0 aliphatic rings. The Hall–Kier alpha value is -3.79. The summed E-state index contributed by atoms with van der Waals surface area (Å²) >= 11 is 4.92. The number of anilines is 1. The monoisotopic (exact) mass is 470 g/mol. The molecule has 0 aliphatic heterocycles. The predicted octanol–water partition coefficient (Wildman–Crippen LogP) is 1.99. The number of para-hydroxylation sites is 1.